The Morgan fingerprint density at radius 1 is 0.810 bits per heavy atom. The first-order chi connectivity index (χ1) is 19.6. The van der Waals surface area contributed by atoms with Crippen molar-refractivity contribution in [3.8, 4) is 0 Å². The third kappa shape index (κ3) is 10.0. The third-order valence-corrected chi connectivity index (χ3v) is 6.02. The predicted octanol–water partition coefficient (Wildman–Crippen LogP) is 5.83. The zero-order chi connectivity index (χ0) is 31.1. The van der Waals surface area contributed by atoms with E-state index >= 15 is 0 Å². The molecule has 0 amide bonds. The van der Waals surface area contributed by atoms with Crippen molar-refractivity contribution in [3.63, 3.8) is 0 Å². The normalized spacial score (nSPS) is 11.4. The van der Waals surface area contributed by atoms with E-state index in [2.05, 4.69) is 20.6 Å². The number of ether oxygens (including phenoxy) is 3. The maximum atomic E-state index is 12.7. The number of esters is 3. The number of benzene rings is 2. The van der Waals surface area contributed by atoms with Crippen molar-refractivity contribution in [2.45, 2.75) is 65.6 Å². The van der Waals surface area contributed by atoms with E-state index in [1.165, 1.54) is 7.11 Å². The van der Waals surface area contributed by atoms with Crippen LogP contribution in [0.5, 0.6) is 0 Å². The number of halogens is 1. The van der Waals surface area contributed by atoms with E-state index in [0.717, 1.165) is 16.8 Å². The molecule has 1 aromatic heterocycles. The molecule has 0 aliphatic rings. The van der Waals surface area contributed by atoms with E-state index in [9.17, 15) is 14.4 Å². The Bertz CT molecular complexity index is 1420. The highest BCUT2D eigenvalue weighted by molar-refractivity contribution is 6.28. The van der Waals surface area contributed by atoms with E-state index in [-0.39, 0.29) is 41.4 Å². The highest BCUT2D eigenvalue weighted by Gasteiger charge is 2.23. The molecule has 2 aromatic carbocycles. The maximum Gasteiger partial charge on any atom is 0.343 e. The van der Waals surface area contributed by atoms with Crippen LogP contribution in [-0.4, -0.2) is 52.7 Å². The molecule has 11 heteroatoms. The molecule has 2 N–H and O–H groups in total. The molecule has 0 atom stereocenters. The Morgan fingerprint density at radius 3 is 1.86 bits per heavy atom. The van der Waals surface area contributed by atoms with Gasteiger partial charge in [-0.15, -0.1) is 0 Å². The standard InChI is InChI=1S/C31H37ClN4O6/c1-19-26(28(39)40-7)27(36-29(32)34-19)35-23-14-10-21(11-15-23)17-25(38)42-31(5,6)18-33-22-12-8-20(9-13-22)16-24(37)41-30(2,3)4/h8-15,33H,16-18H2,1-7H3,(H,34,35,36). The first-order valence-corrected chi connectivity index (χ1v) is 13.8. The largest absolute Gasteiger partial charge is 0.465 e. The van der Waals surface area contributed by atoms with E-state index in [1.54, 1.807) is 31.2 Å². The predicted molar refractivity (Wildman–Crippen MR) is 161 cm³/mol. The number of aryl methyl sites for hydroxylation is 1. The van der Waals surface area contributed by atoms with Gasteiger partial charge in [-0.3, -0.25) is 9.59 Å². The number of methoxy groups -OCH3 is 1. The molecule has 1 heterocycles. The SMILES string of the molecule is COC(=O)c1c(C)nc(Cl)nc1Nc1ccc(CC(=O)OC(C)(C)CNc2ccc(CC(=O)OC(C)(C)C)cc2)cc1. The van der Waals surface area contributed by atoms with E-state index < -0.39 is 17.2 Å². The molecular weight excluding hydrogens is 560 g/mol. The van der Waals surface area contributed by atoms with Gasteiger partial charge in [-0.05, 0) is 88.5 Å². The second kappa shape index (κ2) is 13.7. The number of nitrogens with one attached hydrogen (secondary N) is 2. The second-order valence-electron chi connectivity index (χ2n) is 11.3. The summed E-state index contributed by atoms with van der Waals surface area (Å²) in [5.41, 5.74) is 2.34. The van der Waals surface area contributed by atoms with Crippen molar-refractivity contribution < 1.29 is 28.6 Å². The fourth-order valence-corrected chi connectivity index (χ4v) is 4.18. The van der Waals surface area contributed by atoms with Crippen LogP contribution in [0.25, 0.3) is 0 Å². The molecule has 224 valence electrons. The lowest BCUT2D eigenvalue weighted by Gasteiger charge is -2.26. The van der Waals surface area contributed by atoms with Gasteiger partial charge in [-0.2, -0.15) is 4.98 Å². The quantitative estimate of drug-likeness (QED) is 0.158. The second-order valence-corrected chi connectivity index (χ2v) is 11.7. The van der Waals surface area contributed by atoms with Gasteiger partial charge >= 0.3 is 17.9 Å². The lowest BCUT2D eigenvalue weighted by Crippen LogP contribution is -2.36. The zero-order valence-corrected chi connectivity index (χ0v) is 25.7. The smallest absolute Gasteiger partial charge is 0.343 e. The number of carbonyl (C=O) groups excluding carboxylic acids is 3. The topological polar surface area (TPSA) is 129 Å². The third-order valence-electron chi connectivity index (χ3n) is 5.85. The summed E-state index contributed by atoms with van der Waals surface area (Å²) in [5.74, 6) is -1.01. The fourth-order valence-electron chi connectivity index (χ4n) is 3.96. The van der Waals surface area contributed by atoms with Crippen LogP contribution in [0.2, 0.25) is 5.28 Å². The highest BCUT2D eigenvalue weighted by Crippen LogP contribution is 2.24. The van der Waals surface area contributed by atoms with Gasteiger partial charge in [0.15, 0.2) is 0 Å². The lowest BCUT2D eigenvalue weighted by molar-refractivity contribution is -0.155. The van der Waals surface area contributed by atoms with E-state index in [1.807, 2.05) is 58.9 Å². The molecule has 0 unspecified atom stereocenters. The fraction of sp³-hybridized carbons (Fsp3) is 0.387. The summed E-state index contributed by atoms with van der Waals surface area (Å²) in [6.07, 6.45) is 0.274. The Balaban J connectivity index is 1.52. The Hall–Kier alpha value is -4.18. The molecule has 3 aromatic rings. The number of carbonyl (C=O) groups is 3. The van der Waals surface area contributed by atoms with Gasteiger partial charge in [0.1, 0.15) is 22.6 Å². The van der Waals surface area contributed by atoms with Crippen molar-refractivity contribution >= 4 is 46.7 Å². The molecule has 3 rings (SSSR count). The Morgan fingerprint density at radius 2 is 1.33 bits per heavy atom. The Labute approximate surface area is 251 Å². The van der Waals surface area contributed by atoms with Crippen molar-refractivity contribution in [3.05, 3.63) is 76.2 Å². The highest BCUT2D eigenvalue weighted by atomic mass is 35.5. The molecule has 0 aliphatic carbocycles. The van der Waals surface area contributed by atoms with Crippen LogP contribution >= 0.6 is 11.6 Å². The summed E-state index contributed by atoms with van der Waals surface area (Å²) in [6, 6.07) is 14.5. The molecule has 0 fully saturated rings. The minimum Gasteiger partial charge on any atom is -0.465 e. The summed E-state index contributed by atoms with van der Waals surface area (Å²) in [7, 11) is 1.28. The van der Waals surface area contributed by atoms with Crippen LogP contribution in [-0.2, 0) is 36.6 Å². The molecule has 0 spiro atoms. The summed E-state index contributed by atoms with van der Waals surface area (Å²) >= 11 is 5.98. The van der Waals surface area contributed by atoms with Crippen LogP contribution in [0, 0.1) is 6.92 Å². The lowest BCUT2D eigenvalue weighted by atomic mass is 10.1. The van der Waals surface area contributed by atoms with Crippen molar-refractivity contribution in [1.82, 2.24) is 9.97 Å². The zero-order valence-electron chi connectivity index (χ0n) is 25.0. The summed E-state index contributed by atoms with van der Waals surface area (Å²) in [6.45, 7) is 11.2. The molecule has 0 saturated carbocycles. The minimum absolute atomic E-state index is 0.00525. The number of anilines is 3. The Kier molecular flexibility index (Phi) is 10.5. The average Bonchev–Trinajstić information content (AvgIpc) is 2.87. The molecule has 0 bridgehead atoms. The van der Waals surface area contributed by atoms with Crippen LogP contribution in [0.15, 0.2) is 48.5 Å². The molecule has 0 radical (unpaired) electrons. The van der Waals surface area contributed by atoms with Gasteiger partial charge in [0.25, 0.3) is 0 Å². The average molecular weight is 597 g/mol. The van der Waals surface area contributed by atoms with Gasteiger partial charge < -0.3 is 24.8 Å². The first-order valence-electron chi connectivity index (χ1n) is 13.4. The number of hydrogen-bond donors (Lipinski definition) is 2. The number of aromatic nitrogens is 2. The van der Waals surface area contributed by atoms with Crippen LogP contribution in [0.4, 0.5) is 17.2 Å². The van der Waals surface area contributed by atoms with Crippen LogP contribution < -0.4 is 10.6 Å². The van der Waals surface area contributed by atoms with Gasteiger partial charge in [0.05, 0.1) is 32.2 Å². The summed E-state index contributed by atoms with van der Waals surface area (Å²) in [4.78, 5) is 45.1. The molecular formula is C31H37ClN4O6. The summed E-state index contributed by atoms with van der Waals surface area (Å²) < 4.78 is 15.9. The van der Waals surface area contributed by atoms with Gasteiger partial charge in [-0.25, -0.2) is 9.78 Å². The van der Waals surface area contributed by atoms with Gasteiger partial charge in [-0.1, -0.05) is 24.3 Å². The van der Waals surface area contributed by atoms with Crippen molar-refractivity contribution in [2.75, 3.05) is 24.3 Å². The van der Waals surface area contributed by atoms with Gasteiger partial charge in [0, 0.05) is 11.4 Å². The molecule has 42 heavy (non-hydrogen) atoms. The van der Waals surface area contributed by atoms with Crippen molar-refractivity contribution in [1.29, 1.82) is 0 Å². The van der Waals surface area contributed by atoms with Crippen LogP contribution in [0.3, 0.4) is 0 Å². The maximum absolute atomic E-state index is 12.7. The first kappa shape index (κ1) is 32.3. The van der Waals surface area contributed by atoms with E-state index in [4.69, 9.17) is 25.8 Å². The molecule has 0 aliphatic heterocycles. The monoisotopic (exact) mass is 596 g/mol. The van der Waals surface area contributed by atoms with Gasteiger partial charge in [0.2, 0.25) is 5.28 Å². The molecule has 0 saturated heterocycles. The minimum atomic E-state index is -0.776. The van der Waals surface area contributed by atoms with Crippen LogP contribution in [0.1, 0.15) is 61.8 Å². The number of rotatable bonds is 11. The number of hydrogen-bond acceptors (Lipinski definition) is 10. The molecule has 10 nitrogen and oxygen atoms in total. The summed E-state index contributed by atoms with van der Waals surface area (Å²) in [5, 5.41) is 6.33. The van der Waals surface area contributed by atoms with Crippen molar-refractivity contribution in [2.24, 2.45) is 0 Å². The number of nitrogens with zero attached hydrogens (tertiary/aromatic N) is 2. The van der Waals surface area contributed by atoms with E-state index in [0.29, 0.717) is 17.9 Å².